The molecule has 0 aliphatic heterocycles. The zero-order valence-corrected chi connectivity index (χ0v) is 7.01. The number of methoxy groups -OCH3 is 1. The fourth-order valence-electron chi connectivity index (χ4n) is 0.733. The molecule has 0 amide bonds. The number of rotatable bonds is 2. The summed E-state index contributed by atoms with van der Waals surface area (Å²) in [5.74, 6) is -1.04. The van der Waals surface area contributed by atoms with Crippen molar-refractivity contribution in [3.8, 4) is 5.88 Å². The lowest BCUT2D eigenvalue weighted by molar-refractivity contribution is 0.0691. The highest BCUT2D eigenvalue weighted by Crippen LogP contribution is 2.13. The minimum Gasteiger partial charge on any atom is -0.482 e. The summed E-state index contributed by atoms with van der Waals surface area (Å²) in [5.41, 5.74) is -0.116. The number of hydrogen-bond acceptors (Lipinski definition) is 4. The first-order chi connectivity index (χ1) is 5.66. The van der Waals surface area contributed by atoms with Crippen molar-refractivity contribution in [3.05, 3.63) is 16.5 Å². The molecule has 64 valence electrons. The average Bonchev–Trinajstić information content (AvgIpc) is 2.03. The van der Waals surface area contributed by atoms with Crippen LogP contribution in [0.1, 0.15) is 10.4 Å². The molecule has 0 atom stereocenters. The Kier molecular flexibility index (Phi) is 2.39. The highest BCUT2D eigenvalue weighted by molar-refractivity contribution is 7.71. The Morgan fingerprint density at radius 1 is 1.83 bits per heavy atom. The van der Waals surface area contributed by atoms with Gasteiger partial charge in [-0.15, -0.1) is 0 Å². The van der Waals surface area contributed by atoms with Crippen LogP contribution >= 0.6 is 12.2 Å². The Balaban J connectivity index is 3.40. The van der Waals surface area contributed by atoms with Gasteiger partial charge >= 0.3 is 5.97 Å². The standard InChI is InChI=1S/C6H6N2O3S/c1-11-4-3(6(9)10)5(12)8-2-7-4/h2H,1H3,(H,9,10)(H,7,8,12). The second-order valence-electron chi connectivity index (χ2n) is 1.92. The number of aromatic amines is 1. The lowest BCUT2D eigenvalue weighted by Crippen LogP contribution is -2.04. The van der Waals surface area contributed by atoms with Gasteiger partial charge < -0.3 is 14.8 Å². The number of aromatic nitrogens is 2. The molecule has 6 heteroatoms. The molecule has 0 unspecified atom stereocenters. The van der Waals surface area contributed by atoms with Crippen molar-refractivity contribution in [2.24, 2.45) is 0 Å². The molecule has 0 aliphatic rings. The van der Waals surface area contributed by atoms with Gasteiger partial charge in [-0.2, -0.15) is 0 Å². The summed E-state index contributed by atoms with van der Waals surface area (Å²) in [7, 11) is 1.35. The molecule has 0 aliphatic carbocycles. The first kappa shape index (κ1) is 8.66. The van der Waals surface area contributed by atoms with Crippen LogP contribution in [0.5, 0.6) is 5.88 Å². The second-order valence-corrected chi connectivity index (χ2v) is 2.31. The number of hydrogen-bond donors (Lipinski definition) is 2. The van der Waals surface area contributed by atoms with Crippen LogP contribution in [0.3, 0.4) is 0 Å². The number of ether oxygens (including phenoxy) is 1. The van der Waals surface area contributed by atoms with E-state index in [9.17, 15) is 4.79 Å². The Hall–Kier alpha value is -1.43. The summed E-state index contributed by atoms with van der Waals surface area (Å²) in [6, 6.07) is 0. The van der Waals surface area contributed by atoms with Crippen LogP contribution in [0.25, 0.3) is 0 Å². The monoisotopic (exact) mass is 186 g/mol. The molecule has 2 N–H and O–H groups in total. The molecule has 0 saturated heterocycles. The highest BCUT2D eigenvalue weighted by atomic mass is 32.1. The Labute approximate surface area is 73.0 Å². The molecular formula is C6H6N2O3S. The number of aromatic carboxylic acids is 1. The van der Waals surface area contributed by atoms with Gasteiger partial charge in [0.15, 0.2) is 5.56 Å². The summed E-state index contributed by atoms with van der Waals surface area (Å²) in [6.07, 6.45) is 1.29. The Morgan fingerprint density at radius 2 is 2.50 bits per heavy atom. The topological polar surface area (TPSA) is 75.2 Å². The highest BCUT2D eigenvalue weighted by Gasteiger charge is 2.13. The molecular weight excluding hydrogens is 180 g/mol. The van der Waals surface area contributed by atoms with Crippen molar-refractivity contribution < 1.29 is 14.6 Å². The van der Waals surface area contributed by atoms with E-state index >= 15 is 0 Å². The second kappa shape index (κ2) is 3.31. The summed E-state index contributed by atoms with van der Waals surface area (Å²) < 4.78 is 4.76. The van der Waals surface area contributed by atoms with Gasteiger partial charge in [-0.25, -0.2) is 9.78 Å². The van der Waals surface area contributed by atoms with Gasteiger partial charge in [0.25, 0.3) is 0 Å². The van der Waals surface area contributed by atoms with Crippen LogP contribution in [0.4, 0.5) is 0 Å². The maximum absolute atomic E-state index is 10.6. The van der Waals surface area contributed by atoms with Crippen molar-refractivity contribution in [2.75, 3.05) is 7.11 Å². The molecule has 5 nitrogen and oxygen atoms in total. The van der Waals surface area contributed by atoms with E-state index in [-0.39, 0.29) is 16.1 Å². The van der Waals surface area contributed by atoms with Crippen molar-refractivity contribution >= 4 is 18.2 Å². The van der Waals surface area contributed by atoms with Gasteiger partial charge in [0.05, 0.1) is 13.4 Å². The summed E-state index contributed by atoms with van der Waals surface area (Å²) >= 11 is 4.69. The Morgan fingerprint density at radius 3 is 2.92 bits per heavy atom. The number of carboxylic acids is 1. The molecule has 0 radical (unpaired) electrons. The predicted octanol–water partition coefficient (Wildman–Crippen LogP) is 0.846. The van der Waals surface area contributed by atoms with Crippen LogP contribution in [0.2, 0.25) is 0 Å². The van der Waals surface area contributed by atoms with E-state index in [2.05, 4.69) is 9.97 Å². The summed E-state index contributed by atoms with van der Waals surface area (Å²) in [4.78, 5) is 16.7. The number of carbonyl (C=O) groups is 1. The lowest BCUT2D eigenvalue weighted by atomic mass is 10.3. The molecule has 0 aromatic carbocycles. The summed E-state index contributed by atoms with van der Waals surface area (Å²) in [6.45, 7) is 0. The van der Waals surface area contributed by atoms with Crippen molar-refractivity contribution in [3.63, 3.8) is 0 Å². The third-order valence-electron chi connectivity index (χ3n) is 1.24. The Bertz CT molecular complexity index is 360. The van der Waals surface area contributed by atoms with E-state index in [1.807, 2.05) is 0 Å². The first-order valence-electron chi connectivity index (χ1n) is 3.01. The maximum atomic E-state index is 10.6. The van der Waals surface area contributed by atoms with Crippen LogP contribution in [0.15, 0.2) is 6.33 Å². The normalized spacial score (nSPS) is 9.42. The predicted molar refractivity (Wildman–Crippen MR) is 42.9 cm³/mol. The SMILES string of the molecule is COc1[nH]cnc(=S)c1C(=O)O. The third-order valence-corrected chi connectivity index (χ3v) is 1.55. The average molecular weight is 186 g/mol. The smallest absolute Gasteiger partial charge is 0.344 e. The molecule has 1 heterocycles. The third kappa shape index (κ3) is 1.42. The van der Waals surface area contributed by atoms with Crippen molar-refractivity contribution in [1.82, 2.24) is 9.97 Å². The molecule has 1 aromatic rings. The zero-order valence-electron chi connectivity index (χ0n) is 6.20. The number of nitrogens with one attached hydrogen (secondary N) is 1. The fraction of sp³-hybridized carbons (Fsp3) is 0.167. The maximum Gasteiger partial charge on any atom is 0.344 e. The van der Waals surface area contributed by atoms with Crippen LogP contribution < -0.4 is 4.74 Å². The number of nitrogens with zero attached hydrogens (tertiary/aromatic N) is 1. The molecule has 0 spiro atoms. The number of H-pyrrole nitrogens is 1. The van der Waals surface area contributed by atoms with E-state index in [1.165, 1.54) is 13.4 Å². The minimum atomic E-state index is -1.15. The van der Waals surface area contributed by atoms with Gasteiger partial charge in [0.2, 0.25) is 5.88 Å². The molecule has 0 bridgehead atoms. The van der Waals surface area contributed by atoms with Crippen molar-refractivity contribution in [1.29, 1.82) is 0 Å². The van der Waals surface area contributed by atoms with Gasteiger partial charge in [0, 0.05) is 0 Å². The van der Waals surface area contributed by atoms with E-state index in [0.717, 1.165) is 0 Å². The van der Waals surface area contributed by atoms with E-state index in [1.54, 1.807) is 0 Å². The first-order valence-corrected chi connectivity index (χ1v) is 3.42. The van der Waals surface area contributed by atoms with Crippen LogP contribution in [-0.4, -0.2) is 28.2 Å². The van der Waals surface area contributed by atoms with Gasteiger partial charge in [0.1, 0.15) is 4.64 Å². The van der Waals surface area contributed by atoms with Gasteiger partial charge in [-0.1, -0.05) is 12.2 Å². The largest absolute Gasteiger partial charge is 0.482 e. The molecule has 1 rings (SSSR count). The van der Waals surface area contributed by atoms with Gasteiger partial charge in [-0.3, -0.25) is 0 Å². The molecule has 0 fully saturated rings. The van der Waals surface area contributed by atoms with E-state index in [4.69, 9.17) is 22.1 Å². The molecule has 1 aromatic heterocycles. The lowest BCUT2D eigenvalue weighted by Gasteiger charge is -2.02. The van der Waals surface area contributed by atoms with E-state index < -0.39 is 5.97 Å². The summed E-state index contributed by atoms with van der Waals surface area (Å²) in [5, 5.41) is 8.67. The minimum absolute atomic E-state index is 0.0121. The number of carboxylic acid groups (broad SMARTS) is 1. The fourth-order valence-corrected chi connectivity index (χ4v) is 0.966. The quantitative estimate of drug-likeness (QED) is 0.669. The van der Waals surface area contributed by atoms with Gasteiger partial charge in [-0.05, 0) is 0 Å². The molecule has 0 saturated carbocycles. The van der Waals surface area contributed by atoms with Crippen LogP contribution in [0, 0.1) is 4.64 Å². The van der Waals surface area contributed by atoms with E-state index in [0.29, 0.717) is 0 Å². The van der Waals surface area contributed by atoms with Crippen molar-refractivity contribution in [2.45, 2.75) is 0 Å². The van der Waals surface area contributed by atoms with Crippen LogP contribution in [-0.2, 0) is 0 Å². The molecule has 12 heavy (non-hydrogen) atoms. The zero-order chi connectivity index (χ0) is 9.14.